The molecule has 9 atom stereocenters. The highest BCUT2D eigenvalue weighted by Crippen LogP contribution is 2.30. The van der Waals surface area contributed by atoms with Crippen LogP contribution in [0.25, 0.3) is 0 Å². The maximum absolute atomic E-state index is 13.0. The zero-order valence-electron chi connectivity index (χ0n) is 21.6. The highest BCUT2D eigenvalue weighted by atomic mass is 16.7. The quantitative estimate of drug-likeness (QED) is 0.266. The van der Waals surface area contributed by atoms with Gasteiger partial charge in [0.15, 0.2) is 6.29 Å². The van der Waals surface area contributed by atoms with Gasteiger partial charge in [-0.25, -0.2) is 0 Å². The molecule has 0 aromatic heterocycles. The van der Waals surface area contributed by atoms with Crippen LogP contribution in [0.5, 0.6) is 0 Å². The Kier molecular flexibility index (Phi) is 13.8. The normalized spacial score (nSPS) is 21.4. The third-order valence-electron chi connectivity index (χ3n) is 6.44. The summed E-state index contributed by atoms with van der Waals surface area (Å²) in [5, 5.41) is 21.9. The smallest absolute Gasteiger partial charge is 0.311 e. The van der Waals surface area contributed by atoms with Crippen LogP contribution in [-0.2, 0) is 28.5 Å². The molecule has 0 bridgehead atoms. The first-order valence-corrected chi connectivity index (χ1v) is 11.6. The third kappa shape index (κ3) is 8.37. The van der Waals surface area contributed by atoms with Gasteiger partial charge < -0.3 is 29.2 Å². The van der Waals surface area contributed by atoms with E-state index in [1.165, 1.54) is 14.0 Å². The van der Waals surface area contributed by atoms with E-state index in [2.05, 4.69) is 0 Å². The first kappa shape index (κ1) is 30.9. The van der Waals surface area contributed by atoms with Gasteiger partial charge in [0.25, 0.3) is 0 Å². The molecular formula is C24H46O8. The van der Waals surface area contributed by atoms with Crippen LogP contribution in [0.4, 0.5) is 0 Å². The molecule has 0 heterocycles. The Morgan fingerprint density at radius 3 is 1.97 bits per heavy atom. The molecule has 0 aliphatic heterocycles. The van der Waals surface area contributed by atoms with Gasteiger partial charge in [0.1, 0.15) is 17.5 Å². The molecule has 32 heavy (non-hydrogen) atoms. The van der Waals surface area contributed by atoms with Gasteiger partial charge in [0.05, 0.1) is 24.7 Å². The second kappa shape index (κ2) is 14.3. The fourth-order valence-corrected chi connectivity index (χ4v) is 3.88. The van der Waals surface area contributed by atoms with Crippen molar-refractivity contribution < 1.29 is 38.7 Å². The number of hydrogen-bond donors (Lipinski definition) is 2. The molecule has 0 spiro atoms. The monoisotopic (exact) mass is 462 g/mol. The Morgan fingerprint density at radius 2 is 1.53 bits per heavy atom. The number of esters is 1. The van der Waals surface area contributed by atoms with Crippen molar-refractivity contribution in [2.45, 2.75) is 98.4 Å². The van der Waals surface area contributed by atoms with E-state index in [0.29, 0.717) is 13.0 Å². The molecule has 0 fully saturated rings. The van der Waals surface area contributed by atoms with Gasteiger partial charge in [-0.15, -0.1) is 0 Å². The average Bonchev–Trinajstić information content (AvgIpc) is 2.77. The first-order valence-electron chi connectivity index (χ1n) is 11.6. The minimum atomic E-state index is -1.80. The summed E-state index contributed by atoms with van der Waals surface area (Å²) in [6.45, 7) is 14.1. The Labute approximate surface area is 193 Å². The van der Waals surface area contributed by atoms with Crippen molar-refractivity contribution in [3.63, 3.8) is 0 Å². The minimum absolute atomic E-state index is 0.125. The van der Waals surface area contributed by atoms with Crippen LogP contribution in [-0.4, -0.2) is 73.0 Å². The fourth-order valence-electron chi connectivity index (χ4n) is 3.88. The summed E-state index contributed by atoms with van der Waals surface area (Å²) in [6, 6.07) is 0. The third-order valence-corrected chi connectivity index (χ3v) is 6.44. The van der Waals surface area contributed by atoms with Crippen LogP contribution >= 0.6 is 0 Å². The van der Waals surface area contributed by atoms with Gasteiger partial charge in [0.2, 0.25) is 0 Å². The van der Waals surface area contributed by atoms with Crippen molar-refractivity contribution in [1.82, 2.24) is 0 Å². The number of methoxy groups -OCH3 is 2. The maximum atomic E-state index is 13.0. The second-order valence-corrected chi connectivity index (χ2v) is 9.13. The zero-order valence-corrected chi connectivity index (χ0v) is 21.6. The van der Waals surface area contributed by atoms with Gasteiger partial charge >= 0.3 is 5.97 Å². The summed E-state index contributed by atoms with van der Waals surface area (Å²) in [6.07, 6.45) is -2.56. The summed E-state index contributed by atoms with van der Waals surface area (Å²) in [4.78, 5) is 25.6. The number of rotatable bonds is 16. The van der Waals surface area contributed by atoms with Crippen LogP contribution in [0.15, 0.2) is 0 Å². The first-order chi connectivity index (χ1) is 14.8. The molecule has 0 aromatic rings. The van der Waals surface area contributed by atoms with E-state index in [9.17, 15) is 19.8 Å². The highest BCUT2D eigenvalue weighted by Gasteiger charge is 2.46. The van der Waals surface area contributed by atoms with Crippen molar-refractivity contribution in [2.24, 2.45) is 23.7 Å². The maximum Gasteiger partial charge on any atom is 0.311 e. The molecule has 0 rings (SSSR count). The lowest BCUT2D eigenvalue weighted by molar-refractivity contribution is -0.204. The number of Topliss-reactive ketones (excluding diaryl/α,β-unsaturated/α-hetero) is 1. The van der Waals surface area contributed by atoms with Crippen LogP contribution in [0.3, 0.4) is 0 Å². The van der Waals surface area contributed by atoms with E-state index >= 15 is 0 Å². The molecule has 8 nitrogen and oxygen atoms in total. The van der Waals surface area contributed by atoms with Gasteiger partial charge in [-0.3, -0.25) is 9.59 Å². The molecule has 0 radical (unpaired) electrons. The van der Waals surface area contributed by atoms with E-state index in [1.807, 2.05) is 13.8 Å². The summed E-state index contributed by atoms with van der Waals surface area (Å²) >= 11 is 0. The number of ketones is 1. The molecule has 8 heteroatoms. The molecule has 0 aromatic carbocycles. The number of carbonyl (C=O) groups is 2. The lowest BCUT2D eigenvalue weighted by Gasteiger charge is -2.39. The zero-order chi connectivity index (χ0) is 25.2. The van der Waals surface area contributed by atoms with E-state index in [0.717, 1.165) is 0 Å². The summed E-state index contributed by atoms with van der Waals surface area (Å²) in [7, 11) is 3.09. The van der Waals surface area contributed by atoms with E-state index in [4.69, 9.17) is 18.9 Å². The number of carbonyl (C=O) groups excluding carboxylic acids is 2. The number of hydrogen-bond acceptors (Lipinski definition) is 8. The fraction of sp³-hybridized carbons (Fsp3) is 0.917. The topological polar surface area (TPSA) is 112 Å². The molecular weight excluding hydrogens is 416 g/mol. The van der Waals surface area contributed by atoms with Gasteiger partial charge in [-0.05, 0) is 33.6 Å². The van der Waals surface area contributed by atoms with Gasteiger partial charge in [-0.2, -0.15) is 0 Å². The average molecular weight is 463 g/mol. The summed E-state index contributed by atoms with van der Waals surface area (Å²) in [5.74, 6) is -2.54. The summed E-state index contributed by atoms with van der Waals surface area (Å²) in [5.41, 5.74) is -1.80. The number of aliphatic hydroxyl groups excluding tert-OH is 1. The lowest BCUT2D eigenvalue weighted by Crippen LogP contribution is -2.56. The summed E-state index contributed by atoms with van der Waals surface area (Å²) < 4.78 is 22.0. The lowest BCUT2D eigenvalue weighted by atomic mass is 9.79. The molecule has 0 aliphatic carbocycles. The van der Waals surface area contributed by atoms with Crippen LogP contribution in [0.1, 0.15) is 68.2 Å². The van der Waals surface area contributed by atoms with Crippen molar-refractivity contribution >= 4 is 11.8 Å². The van der Waals surface area contributed by atoms with E-state index in [1.54, 1.807) is 41.7 Å². The van der Waals surface area contributed by atoms with Gasteiger partial charge in [0, 0.05) is 32.0 Å². The second-order valence-electron chi connectivity index (χ2n) is 9.13. The van der Waals surface area contributed by atoms with Gasteiger partial charge in [-0.1, -0.05) is 34.6 Å². The van der Waals surface area contributed by atoms with Crippen molar-refractivity contribution in [2.75, 3.05) is 20.8 Å². The molecule has 0 amide bonds. The molecule has 0 saturated heterocycles. The minimum Gasteiger partial charge on any atom is -0.459 e. The number of ether oxygens (including phenoxy) is 4. The van der Waals surface area contributed by atoms with E-state index < -0.39 is 48.0 Å². The Morgan fingerprint density at radius 1 is 0.969 bits per heavy atom. The molecule has 190 valence electrons. The molecule has 2 N–H and O–H groups in total. The molecule has 0 unspecified atom stereocenters. The number of aliphatic hydroxyl groups is 2. The predicted molar refractivity (Wildman–Crippen MR) is 122 cm³/mol. The van der Waals surface area contributed by atoms with Crippen LogP contribution in [0, 0.1) is 23.7 Å². The predicted octanol–water partition coefficient (Wildman–Crippen LogP) is 2.97. The molecule has 0 saturated carbocycles. The van der Waals surface area contributed by atoms with E-state index in [-0.39, 0.29) is 24.0 Å². The standard InChI is InChI=1S/C24H46O8/c1-11-14(3)20(25)16(5)22(26)24(8,28)19(12-2)32-23(27)17(6)21(15(4)13-29-9)31-18(7)30-10/h14-19,21-22,26,28H,11-13H2,1-10H3/t14-,15-,16+,17-,18+,19-,21+,22-,24-/m1/s1. The van der Waals surface area contributed by atoms with Crippen LogP contribution in [0.2, 0.25) is 0 Å². The Hall–Kier alpha value is -1.06. The SMILES string of the molecule is CC[C@@H](C)C(=O)[C@H](C)[C@@H](O)[C@](C)(O)[C@@H](CC)OC(=O)[C@H](C)[C@@H](O[C@@H](C)OC)[C@H](C)COC. The van der Waals surface area contributed by atoms with Crippen LogP contribution < -0.4 is 0 Å². The molecule has 0 aliphatic rings. The van der Waals surface area contributed by atoms with Crippen molar-refractivity contribution in [3.05, 3.63) is 0 Å². The van der Waals surface area contributed by atoms with Crippen molar-refractivity contribution in [3.8, 4) is 0 Å². The Bertz CT molecular complexity index is 564. The van der Waals surface area contributed by atoms with Crippen molar-refractivity contribution in [1.29, 1.82) is 0 Å². The highest BCUT2D eigenvalue weighted by molar-refractivity contribution is 5.83. The Balaban J connectivity index is 5.54. The largest absolute Gasteiger partial charge is 0.459 e.